The third-order valence-electron chi connectivity index (χ3n) is 1.17. The maximum Gasteiger partial charge on any atom is 0.319 e. The molecule has 64 valence electrons. The smallest absolute Gasteiger partial charge is 0.319 e. The average molecular weight is 159 g/mol. The van der Waals surface area contributed by atoms with Crippen LogP contribution < -0.4 is 5.32 Å². The first-order chi connectivity index (χ1) is 5.31. The van der Waals surface area contributed by atoms with Crippen LogP contribution in [0.3, 0.4) is 0 Å². The Morgan fingerprint density at radius 2 is 2.36 bits per heavy atom. The number of nitrogens with one attached hydrogen (secondary N) is 1. The van der Waals surface area contributed by atoms with Gasteiger partial charge in [-0.3, -0.25) is 4.79 Å². The molecular weight excluding hydrogens is 146 g/mol. The number of rotatable bonds is 6. The van der Waals surface area contributed by atoms with Crippen LogP contribution in [-0.4, -0.2) is 32.5 Å². The highest BCUT2D eigenvalue weighted by Gasteiger charge is 1.96. The molecule has 0 aliphatic carbocycles. The molecule has 0 aromatic heterocycles. The molecule has 0 aliphatic rings. The lowest BCUT2D eigenvalue weighted by Gasteiger charge is -2.00. The monoisotopic (exact) mass is 159 g/mol. The second-order valence-corrected chi connectivity index (χ2v) is 2.06. The number of methoxy groups -OCH3 is 1. The number of carbonyl (C=O) groups excluding carboxylic acids is 2. The van der Waals surface area contributed by atoms with Crippen molar-refractivity contribution in [3.05, 3.63) is 0 Å². The van der Waals surface area contributed by atoms with Gasteiger partial charge in [-0.15, -0.1) is 0 Å². The number of ether oxygens (including phenoxy) is 1. The standard InChI is InChI=1S/C7H13NO3/c1-11-7(10)6-8-4-2-3-5-9/h5,8H,2-4,6H2,1H3. The van der Waals surface area contributed by atoms with Gasteiger partial charge in [0, 0.05) is 6.42 Å². The molecule has 0 aromatic rings. The Hall–Kier alpha value is -0.900. The molecule has 0 fully saturated rings. The van der Waals surface area contributed by atoms with Crippen LogP contribution in [0.4, 0.5) is 0 Å². The van der Waals surface area contributed by atoms with Crippen molar-refractivity contribution in [2.45, 2.75) is 12.8 Å². The summed E-state index contributed by atoms with van der Waals surface area (Å²) in [6, 6.07) is 0. The number of esters is 1. The molecule has 4 nitrogen and oxygen atoms in total. The summed E-state index contributed by atoms with van der Waals surface area (Å²) in [5.74, 6) is -0.281. The van der Waals surface area contributed by atoms with E-state index in [0.29, 0.717) is 13.0 Å². The Morgan fingerprint density at radius 3 is 2.91 bits per heavy atom. The van der Waals surface area contributed by atoms with Gasteiger partial charge in [0.2, 0.25) is 0 Å². The molecule has 0 amide bonds. The van der Waals surface area contributed by atoms with Gasteiger partial charge in [-0.1, -0.05) is 0 Å². The molecule has 0 saturated carbocycles. The molecule has 0 saturated heterocycles. The van der Waals surface area contributed by atoms with Crippen molar-refractivity contribution in [2.24, 2.45) is 0 Å². The summed E-state index contributed by atoms with van der Waals surface area (Å²) in [7, 11) is 1.34. The molecule has 4 heteroatoms. The van der Waals surface area contributed by atoms with Crippen LogP contribution in [0.25, 0.3) is 0 Å². The number of hydrogen-bond donors (Lipinski definition) is 1. The van der Waals surface area contributed by atoms with Crippen molar-refractivity contribution >= 4 is 12.3 Å². The zero-order valence-electron chi connectivity index (χ0n) is 6.63. The van der Waals surface area contributed by atoms with E-state index in [1.54, 1.807) is 0 Å². The summed E-state index contributed by atoms with van der Waals surface area (Å²) in [4.78, 5) is 20.3. The number of aldehydes is 1. The van der Waals surface area contributed by atoms with E-state index in [4.69, 9.17) is 0 Å². The molecule has 0 aromatic carbocycles. The Morgan fingerprint density at radius 1 is 1.64 bits per heavy atom. The Balaban J connectivity index is 3.01. The molecular formula is C7H13NO3. The highest BCUT2D eigenvalue weighted by molar-refractivity contribution is 5.71. The van der Waals surface area contributed by atoms with Crippen molar-refractivity contribution in [2.75, 3.05) is 20.2 Å². The van der Waals surface area contributed by atoms with Crippen LogP contribution in [0.5, 0.6) is 0 Å². The lowest BCUT2D eigenvalue weighted by Crippen LogP contribution is -2.24. The van der Waals surface area contributed by atoms with Gasteiger partial charge in [-0.25, -0.2) is 0 Å². The molecule has 0 rings (SSSR count). The van der Waals surface area contributed by atoms with E-state index < -0.39 is 0 Å². The Kier molecular flexibility index (Phi) is 6.62. The highest BCUT2D eigenvalue weighted by Crippen LogP contribution is 1.80. The van der Waals surface area contributed by atoms with E-state index in [1.807, 2.05) is 0 Å². The Bertz CT molecular complexity index is 125. The number of carbonyl (C=O) groups is 2. The zero-order chi connectivity index (χ0) is 8.53. The quantitative estimate of drug-likeness (QED) is 0.329. The van der Waals surface area contributed by atoms with Crippen LogP contribution in [-0.2, 0) is 14.3 Å². The van der Waals surface area contributed by atoms with Crippen LogP contribution in [0, 0.1) is 0 Å². The highest BCUT2D eigenvalue weighted by atomic mass is 16.5. The summed E-state index contributed by atoms with van der Waals surface area (Å²) in [5.41, 5.74) is 0. The van der Waals surface area contributed by atoms with E-state index in [9.17, 15) is 9.59 Å². The molecule has 1 N–H and O–H groups in total. The minimum absolute atomic E-state index is 0.218. The predicted octanol–water partition coefficient (Wildman–Crippen LogP) is -0.272. The third kappa shape index (κ3) is 6.99. The fraction of sp³-hybridized carbons (Fsp3) is 0.714. The number of hydrogen-bond acceptors (Lipinski definition) is 4. The van der Waals surface area contributed by atoms with Crippen molar-refractivity contribution in [1.29, 1.82) is 0 Å². The predicted molar refractivity (Wildman–Crippen MR) is 40.2 cm³/mol. The van der Waals surface area contributed by atoms with Crippen molar-refractivity contribution < 1.29 is 14.3 Å². The normalized spacial score (nSPS) is 9.18. The van der Waals surface area contributed by atoms with Gasteiger partial charge in [0.05, 0.1) is 13.7 Å². The SMILES string of the molecule is COC(=O)CNCCCC=O. The van der Waals surface area contributed by atoms with E-state index in [-0.39, 0.29) is 12.5 Å². The summed E-state index contributed by atoms with van der Waals surface area (Å²) < 4.78 is 4.39. The topological polar surface area (TPSA) is 55.4 Å². The molecule has 0 radical (unpaired) electrons. The number of unbranched alkanes of at least 4 members (excludes halogenated alkanes) is 1. The first kappa shape index (κ1) is 10.1. The molecule has 0 aliphatic heterocycles. The molecule has 11 heavy (non-hydrogen) atoms. The minimum Gasteiger partial charge on any atom is -0.468 e. The fourth-order valence-corrected chi connectivity index (χ4v) is 0.573. The molecule has 0 unspecified atom stereocenters. The molecule has 0 heterocycles. The maximum atomic E-state index is 10.5. The molecule has 0 bridgehead atoms. The lowest BCUT2D eigenvalue weighted by molar-refractivity contribution is -0.139. The van der Waals surface area contributed by atoms with Gasteiger partial charge in [0.1, 0.15) is 6.29 Å². The summed E-state index contributed by atoms with van der Waals surface area (Å²) >= 11 is 0. The van der Waals surface area contributed by atoms with E-state index in [1.165, 1.54) is 7.11 Å². The molecule has 0 atom stereocenters. The van der Waals surface area contributed by atoms with Gasteiger partial charge in [-0.05, 0) is 13.0 Å². The van der Waals surface area contributed by atoms with Gasteiger partial charge in [0.15, 0.2) is 0 Å². The van der Waals surface area contributed by atoms with Crippen molar-refractivity contribution in [3.63, 3.8) is 0 Å². The summed E-state index contributed by atoms with van der Waals surface area (Å²) in [6.07, 6.45) is 2.16. The van der Waals surface area contributed by atoms with Crippen LogP contribution in [0.2, 0.25) is 0 Å². The largest absolute Gasteiger partial charge is 0.468 e. The van der Waals surface area contributed by atoms with Crippen molar-refractivity contribution in [1.82, 2.24) is 5.32 Å². The molecule has 0 spiro atoms. The zero-order valence-corrected chi connectivity index (χ0v) is 6.63. The first-order valence-corrected chi connectivity index (χ1v) is 3.52. The lowest BCUT2D eigenvalue weighted by atomic mass is 10.3. The van der Waals surface area contributed by atoms with Gasteiger partial charge >= 0.3 is 5.97 Å². The van der Waals surface area contributed by atoms with Crippen LogP contribution in [0.15, 0.2) is 0 Å². The third-order valence-corrected chi connectivity index (χ3v) is 1.17. The first-order valence-electron chi connectivity index (χ1n) is 3.52. The van der Waals surface area contributed by atoms with Gasteiger partial charge < -0.3 is 14.8 Å². The Labute approximate surface area is 65.9 Å². The van der Waals surface area contributed by atoms with Crippen molar-refractivity contribution in [3.8, 4) is 0 Å². The van der Waals surface area contributed by atoms with Gasteiger partial charge in [0.25, 0.3) is 0 Å². The van der Waals surface area contributed by atoms with Gasteiger partial charge in [-0.2, -0.15) is 0 Å². The summed E-state index contributed by atoms with van der Waals surface area (Å²) in [5, 5.41) is 2.84. The van der Waals surface area contributed by atoms with E-state index >= 15 is 0 Å². The second-order valence-electron chi connectivity index (χ2n) is 2.06. The summed E-state index contributed by atoms with van der Waals surface area (Å²) in [6.45, 7) is 0.892. The van der Waals surface area contributed by atoms with Crippen LogP contribution >= 0.6 is 0 Å². The fourth-order valence-electron chi connectivity index (χ4n) is 0.573. The van der Waals surface area contributed by atoms with E-state index in [0.717, 1.165) is 12.7 Å². The maximum absolute atomic E-state index is 10.5. The minimum atomic E-state index is -0.281. The van der Waals surface area contributed by atoms with E-state index in [2.05, 4.69) is 10.1 Å². The second kappa shape index (κ2) is 7.21. The average Bonchev–Trinajstić information content (AvgIpc) is 2.04. The van der Waals surface area contributed by atoms with Crippen LogP contribution in [0.1, 0.15) is 12.8 Å².